The number of piperidine rings is 1. The van der Waals surface area contributed by atoms with Gasteiger partial charge in [0, 0.05) is 13.1 Å². The Bertz CT molecular complexity index is 426. The van der Waals surface area contributed by atoms with Crippen LogP contribution < -0.4 is 5.32 Å². The molecule has 0 bridgehead atoms. The molecule has 1 aliphatic rings. The number of rotatable bonds is 4. The Balaban J connectivity index is 1.81. The van der Waals surface area contributed by atoms with Crippen LogP contribution in [0.1, 0.15) is 25.3 Å². The average molecular weight is 268 g/mol. The maximum Gasteiger partial charge on any atom is 0.159 e. The summed E-state index contributed by atoms with van der Waals surface area (Å²) in [5, 5.41) is 3.37. The lowest BCUT2D eigenvalue weighted by atomic mass is 9.80. The molecule has 1 aliphatic heterocycles. The van der Waals surface area contributed by atoms with E-state index in [1.165, 1.54) is 25.0 Å². The normalized spacial score (nSPS) is 19.6. The largest absolute Gasteiger partial charge is 0.312 e. The van der Waals surface area contributed by atoms with E-state index in [1.807, 2.05) is 0 Å². The van der Waals surface area contributed by atoms with Crippen molar-refractivity contribution in [3.05, 3.63) is 35.4 Å². The van der Waals surface area contributed by atoms with Crippen LogP contribution in [0.2, 0.25) is 0 Å². The van der Waals surface area contributed by atoms with Gasteiger partial charge < -0.3 is 10.2 Å². The highest BCUT2D eigenvalue weighted by Gasteiger charge is 2.28. The molecule has 2 nitrogen and oxygen atoms in total. The van der Waals surface area contributed by atoms with Gasteiger partial charge in [0.15, 0.2) is 11.6 Å². The molecular weight excluding hydrogens is 246 g/mol. The van der Waals surface area contributed by atoms with E-state index in [4.69, 9.17) is 0 Å². The first-order valence-corrected chi connectivity index (χ1v) is 6.82. The van der Waals surface area contributed by atoms with Crippen molar-refractivity contribution in [3.63, 3.8) is 0 Å². The first-order chi connectivity index (χ1) is 8.98. The van der Waals surface area contributed by atoms with Crippen LogP contribution in [0.5, 0.6) is 0 Å². The molecule has 1 heterocycles. The van der Waals surface area contributed by atoms with E-state index in [0.717, 1.165) is 25.2 Å². The molecule has 0 amide bonds. The van der Waals surface area contributed by atoms with E-state index in [2.05, 4.69) is 24.2 Å². The average Bonchev–Trinajstić information content (AvgIpc) is 2.38. The summed E-state index contributed by atoms with van der Waals surface area (Å²) < 4.78 is 25.9. The van der Waals surface area contributed by atoms with E-state index >= 15 is 0 Å². The molecule has 1 aromatic rings. The molecule has 0 unspecified atom stereocenters. The SMILES string of the molecule is CN1CCC(C)(CNCc2ccc(F)c(F)c2)CC1. The molecule has 0 radical (unpaired) electrons. The van der Waals surface area contributed by atoms with E-state index < -0.39 is 11.6 Å². The quantitative estimate of drug-likeness (QED) is 0.903. The van der Waals surface area contributed by atoms with Crippen LogP contribution in [-0.2, 0) is 6.54 Å². The van der Waals surface area contributed by atoms with Crippen LogP contribution in [0.3, 0.4) is 0 Å². The van der Waals surface area contributed by atoms with Gasteiger partial charge in [0.05, 0.1) is 0 Å². The van der Waals surface area contributed by atoms with Gasteiger partial charge in [-0.25, -0.2) is 8.78 Å². The summed E-state index contributed by atoms with van der Waals surface area (Å²) in [5.74, 6) is -1.56. The number of nitrogens with one attached hydrogen (secondary N) is 1. The van der Waals surface area contributed by atoms with Crippen LogP contribution >= 0.6 is 0 Å². The van der Waals surface area contributed by atoms with Crippen LogP contribution in [0, 0.1) is 17.0 Å². The van der Waals surface area contributed by atoms with Crippen molar-refractivity contribution in [2.75, 3.05) is 26.7 Å². The van der Waals surface area contributed by atoms with Gasteiger partial charge in [-0.2, -0.15) is 0 Å². The Kier molecular flexibility index (Phi) is 4.53. The zero-order chi connectivity index (χ0) is 13.9. The van der Waals surface area contributed by atoms with Crippen LogP contribution in [-0.4, -0.2) is 31.6 Å². The summed E-state index contributed by atoms with van der Waals surface area (Å²) in [4.78, 5) is 2.34. The number of halogens is 2. The van der Waals surface area contributed by atoms with E-state index in [1.54, 1.807) is 6.07 Å². The van der Waals surface area contributed by atoms with Crippen molar-refractivity contribution in [2.24, 2.45) is 5.41 Å². The minimum atomic E-state index is -0.786. The summed E-state index contributed by atoms with van der Waals surface area (Å²) in [6, 6.07) is 4.07. The van der Waals surface area contributed by atoms with Gasteiger partial charge in [-0.05, 0) is 56.1 Å². The molecule has 0 aromatic heterocycles. The molecular formula is C15H22F2N2. The first-order valence-electron chi connectivity index (χ1n) is 6.82. The summed E-state index contributed by atoms with van der Waals surface area (Å²) in [5.41, 5.74) is 1.10. The zero-order valence-electron chi connectivity index (χ0n) is 11.7. The van der Waals surface area contributed by atoms with Crippen molar-refractivity contribution in [2.45, 2.75) is 26.3 Å². The summed E-state index contributed by atoms with van der Waals surface area (Å²) >= 11 is 0. The second kappa shape index (κ2) is 5.97. The van der Waals surface area contributed by atoms with Crippen molar-refractivity contribution < 1.29 is 8.78 Å². The molecule has 4 heteroatoms. The molecule has 0 atom stereocenters. The van der Waals surface area contributed by atoms with Gasteiger partial charge in [-0.1, -0.05) is 13.0 Å². The molecule has 0 aliphatic carbocycles. The number of nitrogens with zero attached hydrogens (tertiary/aromatic N) is 1. The Hall–Kier alpha value is -1.00. The van der Waals surface area contributed by atoms with Gasteiger partial charge in [-0.15, -0.1) is 0 Å². The lowest BCUT2D eigenvalue weighted by Crippen LogP contribution is -2.41. The molecule has 0 spiro atoms. The van der Waals surface area contributed by atoms with Crippen LogP contribution in [0.4, 0.5) is 8.78 Å². The predicted molar refractivity (Wildman–Crippen MR) is 72.9 cm³/mol. The van der Waals surface area contributed by atoms with Gasteiger partial charge in [0.1, 0.15) is 0 Å². The van der Waals surface area contributed by atoms with Crippen molar-refractivity contribution >= 4 is 0 Å². The van der Waals surface area contributed by atoms with E-state index in [-0.39, 0.29) is 0 Å². The highest BCUT2D eigenvalue weighted by molar-refractivity contribution is 5.17. The maximum atomic E-state index is 13.1. The minimum Gasteiger partial charge on any atom is -0.312 e. The van der Waals surface area contributed by atoms with Gasteiger partial charge in [-0.3, -0.25) is 0 Å². The summed E-state index contributed by atoms with van der Waals surface area (Å²) in [6.07, 6.45) is 2.35. The Morgan fingerprint density at radius 3 is 2.53 bits per heavy atom. The monoisotopic (exact) mass is 268 g/mol. The molecule has 1 aromatic carbocycles. The molecule has 19 heavy (non-hydrogen) atoms. The third kappa shape index (κ3) is 3.98. The van der Waals surface area contributed by atoms with E-state index in [0.29, 0.717) is 12.0 Å². The predicted octanol–water partition coefficient (Wildman–Crippen LogP) is 2.79. The van der Waals surface area contributed by atoms with E-state index in [9.17, 15) is 8.78 Å². The van der Waals surface area contributed by atoms with Crippen LogP contribution in [0.25, 0.3) is 0 Å². The number of benzene rings is 1. The number of hydrogen-bond donors (Lipinski definition) is 1. The van der Waals surface area contributed by atoms with Gasteiger partial charge in [0.25, 0.3) is 0 Å². The highest BCUT2D eigenvalue weighted by atomic mass is 19.2. The third-order valence-corrected chi connectivity index (χ3v) is 4.06. The van der Waals surface area contributed by atoms with Crippen LogP contribution in [0.15, 0.2) is 18.2 Å². The highest BCUT2D eigenvalue weighted by Crippen LogP contribution is 2.29. The Labute approximate surface area is 113 Å². The van der Waals surface area contributed by atoms with Gasteiger partial charge in [0.2, 0.25) is 0 Å². The molecule has 0 saturated carbocycles. The molecule has 1 saturated heterocycles. The number of likely N-dealkylation sites (tertiary alicyclic amines) is 1. The fraction of sp³-hybridized carbons (Fsp3) is 0.600. The maximum absolute atomic E-state index is 13.1. The second-order valence-electron chi connectivity index (χ2n) is 5.97. The fourth-order valence-electron chi connectivity index (χ4n) is 2.49. The second-order valence-corrected chi connectivity index (χ2v) is 5.97. The fourth-order valence-corrected chi connectivity index (χ4v) is 2.49. The Morgan fingerprint density at radius 1 is 1.21 bits per heavy atom. The molecule has 2 rings (SSSR count). The Morgan fingerprint density at radius 2 is 1.89 bits per heavy atom. The third-order valence-electron chi connectivity index (χ3n) is 4.06. The smallest absolute Gasteiger partial charge is 0.159 e. The van der Waals surface area contributed by atoms with Crippen molar-refractivity contribution in [1.82, 2.24) is 10.2 Å². The number of hydrogen-bond acceptors (Lipinski definition) is 2. The summed E-state index contributed by atoms with van der Waals surface area (Å²) in [7, 11) is 2.15. The zero-order valence-corrected chi connectivity index (χ0v) is 11.7. The van der Waals surface area contributed by atoms with Crippen molar-refractivity contribution in [1.29, 1.82) is 0 Å². The minimum absolute atomic E-state index is 0.311. The topological polar surface area (TPSA) is 15.3 Å². The molecule has 1 fully saturated rings. The summed E-state index contributed by atoms with van der Waals surface area (Å²) in [6.45, 7) is 6.05. The lowest BCUT2D eigenvalue weighted by molar-refractivity contribution is 0.137. The molecule has 106 valence electrons. The standard InChI is InChI=1S/C15H22F2N2/c1-15(5-7-19(2)8-6-15)11-18-10-12-3-4-13(16)14(17)9-12/h3-4,9,18H,5-8,10-11H2,1-2H3. The molecule has 1 N–H and O–H groups in total. The lowest BCUT2D eigenvalue weighted by Gasteiger charge is -2.38. The van der Waals surface area contributed by atoms with Crippen molar-refractivity contribution in [3.8, 4) is 0 Å². The van der Waals surface area contributed by atoms with Gasteiger partial charge >= 0.3 is 0 Å². The first kappa shape index (κ1) is 14.4.